The first-order chi connectivity index (χ1) is 24.3. The minimum absolute atomic E-state index is 0.646. The van der Waals surface area contributed by atoms with E-state index in [1.807, 2.05) is 60.7 Å². The maximum atomic E-state index is 5.00. The molecule has 0 saturated heterocycles. The third-order valence-electron chi connectivity index (χ3n) is 9.36. The molecule has 1 heterocycles. The number of aromatic nitrogens is 3. The Labute approximate surface area is 286 Å². The Morgan fingerprint density at radius 1 is 0.286 bits per heavy atom. The van der Waals surface area contributed by atoms with Crippen molar-refractivity contribution in [1.29, 1.82) is 0 Å². The van der Waals surface area contributed by atoms with Crippen molar-refractivity contribution in [3.8, 4) is 78.7 Å². The van der Waals surface area contributed by atoms with Gasteiger partial charge in [0.05, 0.1) is 0 Å². The molecule has 1 aliphatic carbocycles. The molecule has 3 nitrogen and oxygen atoms in total. The highest BCUT2D eigenvalue weighted by Crippen LogP contribution is 2.43. The average molecular weight is 626 g/mol. The van der Waals surface area contributed by atoms with Gasteiger partial charge in [-0.15, -0.1) is 0 Å². The molecule has 0 aliphatic heterocycles. The summed E-state index contributed by atoms with van der Waals surface area (Å²) in [5.41, 5.74) is 15.4. The standard InChI is InChI=1S/C46H31N3/c1-4-14-31(15-5-1)37-27-38(29-39(28-37)41-24-13-25-42-40-23-11-10-20-35(40)30-43(41)42)34-21-12-22-36(26-34)46-48-44(32-16-6-2-7-17-32)47-45(49-46)33-18-8-3-9-19-33/h1-29H,30H2. The third kappa shape index (κ3) is 5.52. The Balaban J connectivity index is 1.19. The van der Waals surface area contributed by atoms with Gasteiger partial charge >= 0.3 is 0 Å². The predicted octanol–water partition coefficient (Wildman–Crippen LogP) is 11.4. The molecule has 0 N–H and O–H groups in total. The van der Waals surface area contributed by atoms with Gasteiger partial charge in [-0.05, 0) is 86.3 Å². The van der Waals surface area contributed by atoms with Gasteiger partial charge in [-0.25, -0.2) is 15.0 Å². The lowest BCUT2D eigenvalue weighted by molar-refractivity contribution is 1.07. The summed E-state index contributed by atoms with van der Waals surface area (Å²) in [5.74, 6) is 1.96. The van der Waals surface area contributed by atoms with Crippen LogP contribution >= 0.6 is 0 Å². The van der Waals surface area contributed by atoms with E-state index in [-0.39, 0.29) is 0 Å². The van der Waals surface area contributed by atoms with Crippen LogP contribution in [0.15, 0.2) is 176 Å². The molecule has 0 bridgehead atoms. The Morgan fingerprint density at radius 3 is 1.39 bits per heavy atom. The maximum Gasteiger partial charge on any atom is 0.164 e. The van der Waals surface area contributed by atoms with Crippen molar-refractivity contribution in [3.05, 3.63) is 187 Å². The second-order valence-electron chi connectivity index (χ2n) is 12.4. The van der Waals surface area contributed by atoms with Crippen molar-refractivity contribution in [2.45, 2.75) is 6.42 Å². The molecule has 0 unspecified atom stereocenters. The molecule has 3 heteroatoms. The zero-order valence-electron chi connectivity index (χ0n) is 26.8. The molecule has 1 aliphatic rings. The summed E-state index contributed by atoms with van der Waals surface area (Å²) in [6, 6.07) is 62.0. The fourth-order valence-electron chi connectivity index (χ4n) is 6.95. The average Bonchev–Trinajstić information content (AvgIpc) is 3.58. The molecular formula is C46H31N3. The quantitative estimate of drug-likeness (QED) is 0.185. The monoisotopic (exact) mass is 625 g/mol. The van der Waals surface area contributed by atoms with Crippen molar-refractivity contribution in [2.24, 2.45) is 0 Å². The second kappa shape index (κ2) is 12.3. The third-order valence-corrected chi connectivity index (χ3v) is 9.36. The number of nitrogens with zero attached hydrogens (tertiary/aromatic N) is 3. The van der Waals surface area contributed by atoms with Gasteiger partial charge in [0.2, 0.25) is 0 Å². The largest absolute Gasteiger partial charge is 0.208 e. The SMILES string of the molecule is c1ccc(-c2cc(-c3cccc(-c4nc(-c5ccccc5)nc(-c5ccccc5)n4)c3)cc(-c3cccc4c3Cc3ccccc3-4)c2)cc1. The fraction of sp³-hybridized carbons (Fsp3) is 0.0217. The molecule has 0 radical (unpaired) electrons. The molecule has 49 heavy (non-hydrogen) atoms. The van der Waals surface area contributed by atoms with E-state index in [1.54, 1.807) is 0 Å². The summed E-state index contributed by atoms with van der Waals surface area (Å²) < 4.78 is 0. The molecule has 8 aromatic rings. The van der Waals surface area contributed by atoms with Crippen molar-refractivity contribution in [1.82, 2.24) is 15.0 Å². The van der Waals surface area contributed by atoms with Gasteiger partial charge in [0.25, 0.3) is 0 Å². The van der Waals surface area contributed by atoms with Gasteiger partial charge in [-0.2, -0.15) is 0 Å². The molecule has 230 valence electrons. The number of rotatable bonds is 6. The van der Waals surface area contributed by atoms with Crippen molar-refractivity contribution < 1.29 is 0 Å². The highest BCUT2D eigenvalue weighted by atomic mass is 15.0. The van der Waals surface area contributed by atoms with Crippen LogP contribution in [0.3, 0.4) is 0 Å². The first-order valence-electron chi connectivity index (χ1n) is 16.7. The molecule has 9 rings (SSSR count). The van der Waals surface area contributed by atoms with Crippen LogP contribution in [0.4, 0.5) is 0 Å². The van der Waals surface area contributed by atoms with E-state index < -0.39 is 0 Å². The zero-order valence-corrected chi connectivity index (χ0v) is 26.8. The zero-order chi connectivity index (χ0) is 32.6. The maximum absolute atomic E-state index is 5.00. The lowest BCUT2D eigenvalue weighted by Gasteiger charge is -2.15. The van der Waals surface area contributed by atoms with Crippen LogP contribution < -0.4 is 0 Å². The Hall–Kier alpha value is -6.45. The minimum Gasteiger partial charge on any atom is -0.208 e. The number of fused-ring (bicyclic) bond motifs is 3. The van der Waals surface area contributed by atoms with E-state index in [0.717, 1.165) is 34.2 Å². The van der Waals surface area contributed by atoms with Gasteiger partial charge in [0, 0.05) is 16.7 Å². The predicted molar refractivity (Wildman–Crippen MR) is 201 cm³/mol. The van der Waals surface area contributed by atoms with Gasteiger partial charge in [-0.3, -0.25) is 0 Å². The lowest BCUT2D eigenvalue weighted by atomic mass is 9.90. The van der Waals surface area contributed by atoms with E-state index in [0.29, 0.717) is 17.5 Å². The second-order valence-corrected chi connectivity index (χ2v) is 12.4. The first-order valence-corrected chi connectivity index (χ1v) is 16.7. The molecule has 0 saturated carbocycles. The van der Waals surface area contributed by atoms with Crippen LogP contribution in [0.25, 0.3) is 78.7 Å². The van der Waals surface area contributed by atoms with Crippen molar-refractivity contribution in [3.63, 3.8) is 0 Å². The Kier molecular flexibility index (Phi) is 7.21. The molecule has 0 spiro atoms. The summed E-state index contributed by atoms with van der Waals surface area (Å²) >= 11 is 0. The summed E-state index contributed by atoms with van der Waals surface area (Å²) in [7, 11) is 0. The highest BCUT2D eigenvalue weighted by molar-refractivity contribution is 5.88. The van der Waals surface area contributed by atoms with E-state index in [9.17, 15) is 0 Å². The lowest BCUT2D eigenvalue weighted by Crippen LogP contribution is -2.00. The Morgan fingerprint density at radius 2 is 0.714 bits per heavy atom. The van der Waals surface area contributed by atoms with Gasteiger partial charge < -0.3 is 0 Å². The number of benzene rings is 7. The van der Waals surface area contributed by atoms with Crippen LogP contribution in [0.1, 0.15) is 11.1 Å². The van der Waals surface area contributed by atoms with E-state index in [2.05, 4.69) is 115 Å². The smallest absolute Gasteiger partial charge is 0.164 e. The highest BCUT2D eigenvalue weighted by Gasteiger charge is 2.22. The van der Waals surface area contributed by atoms with E-state index >= 15 is 0 Å². The Bertz CT molecular complexity index is 2390. The van der Waals surface area contributed by atoms with Crippen LogP contribution in [0, 0.1) is 0 Å². The van der Waals surface area contributed by atoms with Crippen LogP contribution in [0.2, 0.25) is 0 Å². The normalized spacial score (nSPS) is 11.6. The van der Waals surface area contributed by atoms with Crippen LogP contribution in [-0.4, -0.2) is 15.0 Å². The molecule has 0 atom stereocenters. The molecule has 1 aromatic heterocycles. The van der Waals surface area contributed by atoms with Gasteiger partial charge in [-0.1, -0.05) is 152 Å². The summed E-state index contributed by atoms with van der Waals surface area (Å²) in [4.78, 5) is 14.9. The molecule has 0 amide bonds. The molecule has 0 fully saturated rings. The summed E-state index contributed by atoms with van der Waals surface area (Å²) in [6.45, 7) is 0. The first kappa shape index (κ1) is 28.7. The van der Waals surface area contributed by atoms with E-state index in [1.165, 1.54) is 44.5 Å². The molecular weight excluding hydrogens is 595 g/mol. The minimum atomic E-state index is 0.646. The summed E-state index contributed by atoms with van der Waals surface area (Å²) in [6.07, 6.45) is 0.939. The number of hydrogen-bond donors (Lipinski definition) is 0. The van der Waals surface area contributed by atoms with Crippen LogP contribution in [-0.2, 0) is 6.42 Å². The molecule has 7 aromatic carbocycles. The van der Waals surface area contributed by atoms with E-state index in [4.69, 9.17) is 15.0 Å². The fourth-order valence-corrected chi connectivity index (χ4v) is 6.95. The summed E-state index contributed by atoms with van der Waals surface area (Å²) in [5, 5.41) is 0. The number of hydrogen-bond acceptors (Lipinski definition) is 3. The van der Waals surface area contributed by atoms with Crippen LogP contribution in [0.5, 0.6) is 0 Å². The van der Waals surface area contributed by atoms with Gasteiger partial charge in [0.1, 0.15) is 0 Å². The topological polar surface area (TPSA) is 38.7 Å². The van der Waals surface area contributed by atoms with Crippen molar-refractivity contribution in [2.75, 3.05) is 0 Å². The van der Waals surface area contributed by atoms with Gasteiger partial charge in [0.15, 0.2) is 17.5 Å². The van der Waals surface area contributed by atoms with Crippen molar-refractivity contribution >= 4 is 0 Å².